The number of nitrogens with one attached hydrogen (secondary N) is 2. The van der Waals surface area contributed by atoms with Crippen molar-refractivity contribution in [1.29, 1.82) is 0 Å². The van der Waals surface area contributed by atoms with Gasteiger partial charge in [0.1, 0.15) is 5.75 Å². The van der Waals surface area contributed by atoms with Gasteiger partial charge < -0.3 is 10.1 Å². The van der Waals surface area contributed by atoms with Crippen molar-refractivity contribution in [3.63, 3.8) is 0 Å². The molecule has 6 heteroatoms. The lowest BCUT2D eigenvalue weighted by Gasteiger charge is -2.14. The van der Waals surface area contributed by atoms with E-state index in [9.17, 15) is 8.42 Å². The Labute approximate surface area is 115 Å². The van der Waals surface area contributed by atoms with Crippen LogP contribution in [0.15, 0.2) is 24.3 Å². The maximum atomic E-state index is 11.5. The molecule has 0 aliphatic rings. The maximum Gasteiger partial charge on any atom is 0.212 e. The van der Waals surface area contributed by atoms with Gasteiger partial charge >= 0.3 is 0 Å². The summed E-state index contributed by atoms with van der Waals surface area (Å²) in [6.45, 7) is 4.62. The summed E-state index contributed by atoms with van der Waals surface area (Å²) in [4.78, 5) is 0. The van der Waals surface area contributed by atoms with Gasteiger partial charge in [-0.1, -0.05) is 19.1 Å². The zero-order valence-corrected chi connectivity index (χ0v) is 12.5. The molecule has 0 aliphatic carbocycles. The van der Waals surface area contributed by atoms with Crippen LogP contribution in [0, 0.1) is 0 Å². The van der Waals surface area contributed by atoms with Crippen LogP contribution in [0.25, 0.3) is 0 Å². The molecule has 19 heavy (non-hydrogen) atoms. The van der Waals surface area contributed by atoms with Crippen molar-refractivity contribution in [2.45, 2.75) is 19.9 Å². The van der Waals surface area contributed by atoms with Crippen LogP contribution in [0.3, 0.4) is 0 Å². The van der Waals surface area contributed by atoms with Crippen molar-refractivity contribution in [3.8, 4) is 5.75 Å². The predicted octanol–water partition coefficient (Wildman–Crippen LogP) is 1.29. The third kappa shape index (κ3) is 5.59. The van der Waals surface area contributed by atoms with Gasteiger partial charge in [0, 0.05) is 19.1 Å². The molecule has 1 unspecified atom stereocenters. The Hall–Kier alpha value is -1.11. The number of sulfonamides is 1. The van der Waals surface area contributed by atoms with Gasteiger partial charge in [-0.25, -0.2) is 13.1 Å². The molecular weight excluding hydrogens is 264 g/mol. The van der Waals surface area contributed by atoms with Crippen LogP contribution in [-0.2, 0) is 10.0 Å². The van der Waals surface area contributed by atoms with Crippen LogP contribution in [0.1, 0.15) is 25.5 Å². The molecule has 0 amide bonds. The number of hydrogen-bond donors (Lipinski definition) is 2. The van der Waals surface area contributed by atoms with Gasteiger partial charge in [0.2, 0.25) is 10.0 Å². The second-order valence-electron chi connectivity index (χ2n) is 4.27. The Kier molecular flexibility index (Phi) is 6.27. The Morgan fingerprint density at radius 1 is 1.26 bits per heavy atom. The van der Waals surface area contributed by atoms with Crippen molar-refractivity contribution in [1.82, 2.24) is 10.0 Å². The molecule has 1 rings (SSSR count). The zero-order chi connectivity index (χ0) is 14.3. The van der Waals surface area contributed by atoms with E-state index < -0.39 is 10.0 Å². The zero-order valence-electron chi connectivity index (χ0n) is 11.6. The number of rotatable bonds is 8. The van der Waals surface area contributed by atoms with Gasteiger partial charge in [0.05, 0.1) is 12.9 Å². The fourth-order valence-electron chi connectivity index (χ4n) is 1.71. The first-order valence-corrected chi connectivity index (χ1v) is 7.98. The van der Waals surface area contributed by atoms with Crippen molar-refractivity contribution in [3.05, 3.63) is 29.8 Å². The van der Waals surface area contributed by atoms with Gasteiger partial charge in [-0.2, -0.15) is 0 Å². The van der Waals surface area contributed by atoms with E-state index in [0.29, 0.717) is 13.1 Å². The first-order valence-electron chi connectivity index (χ1n) is 6.33. The molecule has 0 radical (unpaired) electrons. The average molecular weight is 286 g/mol. The second kappa shape index (κ2) is 7.47. The largest absolute Gasteiger partial charge is 0.497 e. The lowest BCUT2D eigenvalue weighted by atomic mass is 10.1. The van der Waals surface area contributed by atoms with Gasteiger partial charge in [-0.05, 0) is 24.6 Å². The molecule has 0 fully saturated rings. The smallest absolute Gasteiger partial charge is 0.212 e. The first-order chi connectivity index (χ1) is 8.98. The van der Waals surface area contributed by atoms with Gasteiger partial charge in [-0.15, -0.1) is 0 Å². The fourth-order valence-corrected chi connectivity index (χ4v) is 2.68. The monoisotopic (exact) mass is 286 g/mol. The molecule has 1 atom stereocenters. The summed E-state index contributed by atoms with van der Waals surface area (Å²) in [6.07, 6.45) is 0. The van der Waals surface area contributed by atoms with Crippen LogP contribution < -0.4 is 14.8 Å². The Morgan fingerprint density at radius 3 is 2.42 bits per heavy atom. The molecular formula is C13H22N2O3S. The molecule has 0 aliphatic heterocycles. The van der Waals surface area contributed by atoms with Crippen molar-refractivity contribution >= 4 is 10.0 Å². The van der Waals surface area contributed by atoms with Crippen LogP contribution >= 0.6 is 0 Å². The third-order valence-corrected chi connectivity index (χ3v) is 4.27. The van der Waals surface area contributed by atoms with Crippen molar-refractivity contribution < 1.29 is 13.2 Å². The SMILES string of the molecule is CCNS(=O)(=O)CCNC(C)c1ccc(OC)cc1. The van der Waals surface area contributed by atoms with E-state index in [2.05, 4.69) is 10.0 Å². The summed E-state index contributed by atoms with van der Waals surface area (Å²) in [5.74, 6) is 0.895. The summed E-state index contributed by atoms with van der Waals surface area (Å²) >= 11 is 0. The summed E-state index contributed by atoms with van der Waals surface area (Å²) in [7, 11) is -1.53. The molecule has 5 nitrogen and oxygen atoms in total. The van der Waals surface area contributed by atoms with E-state index in [1.54, 1.807) is 14.0 Å². The van der Waals surface area contributed by atoms with Gasteiger partial charge in [0.25, 0.3) is 0 Å². The standard InChI is InChI=1S/C13H22N2O3S/c1-4-15-19(16,17)10-9-14-11(2)12-5-7-13(18-3)8-6-12/h5-8,11,14-15H,4,9-10H2,1-3H3. The Bertz CT molecular complexity index is 471. The van der Waals surface area contributed by atoms with Crippen molar-refractivity contribution in [2.24, 2.45) is 0 Å². The lowest BCUT2D eigenvalue weighted by Crippen LogP contribution is -2.32. The summed E-state index contributed by atoms with van der Waals surface area (Å²) in [5, 5.41) is 3.19. The van der Waals surface area contributed by atoms with Crippen molar-refractivity contribution in [2.75, 3.05) is 26.0 Å². The number of methoxy groups -OCH3 is 1. The van der Waals surface area contributed by atoms with Gasteiger partial charge in [-0.3, -0.25) is 0 Å². The quantitative estimate of drug-likeness (QED) is 0.755. The Balaban J connectivity index is 2.44. The highest BCUT2D eigenvalue weighted by Crippen LogP contribution is 2.16. The summed E-state index contributed by atoms with van der Waals surface area (Å²) < 4.78 is 30.5. The highest BCUT2D eigenvalue weighted by atomic mass is 32.2. The van der Waals surface area contributed by atoms with Gasteiger partial charge in [0.15, 0.2) is 0 Å². The fraction of sp³-hybridized carbons (Fsp3) is 0.538. The molecule has 0 saturated heterocycles. The van der Waals surface area contributed by atoms with Crippen LogP contribution in [0.4, 0.5) is 0 Å². The third-order valence-electron chi connectivity index (χ3n) is 2.80. The molecule has 0 heterocycles. The molecule has 0 spiro atoms. The molecule has 0 aromatic heterocycles. The summed E-state index contributed by atoms with van der Waals surface area (Å²) in [5.41, 5.74) is 1.10. The highest BCUT2D eigenvalue weighted by molar-refractivity contribution is 7.89. The molecule has 1 aromatic rings. The predicted molar refractivity (Wildman–Crippen MR) is 76.9 cm³/mol. The number of benzene rings is 1. The molecule has 1 aromatic carbocycles. The van der Waals surface area contributed by atoms with E-state index in [-0.39, 0.29) is 11.8 Å². The number of hydrogen-bond acceptors (Lipinski definition) is 4. The van der Waals surface area contributed by atoms with Crippen LogP contribution in [0.2, 0.25) is 0 Å². The topological polar surface area (TPSA) is 67.4 Å². The van der Waals surface area contributed by atoms with Crippen LogP contribution in [0.5, 0.6) is 5.75 Å². The first kappa shape index (κ1) is 15.9. The molecule has 108 valence electrons. The van der Waals surface area contributed by atoms with E-state index in [1.807, 2.05) is 31.2 Å². The maximum absolute atomic E-state index is 11.5. The number of ether oxygens (including phenoxy) is 1. The molecule has 0 saturated carbocycles. The highest BCUT2D eigenvalue weighted by Gasteiger charge is 2.10. The minimum Gasteiger partial charge on any atom is -0.497 e. The lowest BCUT2D eigenvalue weighted by molar-refractivity contribution is 0.414. The second-order valence-corrected chi connectivity index (χ2v) is 6.19. The minimum absolute atomic E-state index is 0.0847. The molecule has 2 N–H and O–H groups in total. The van der Waals surface area contributed by atoms with E-state index in [1.165, 1.54) is 0 Å². The van der Waals surface area contributed by atoms with E-state index >= 15 is 0 Å². The Morgan fingerprint density at radius 2 is 1.89 bits per heavy atom. The van der Waals surface area contributed by atoms with Crippen LogP contribution in [-0.4, -0.2) is 34.4 Å². The minimum atomic E-state index is -3.15. The summed E-state index contributed by atoms with van der Waals surface area (Å²) in [6, 6.07) is 7.82. The average Bonchev–Trinajstić information content (AvgIpc) is 2.38. The molecule has 0 bridgehead atoms. The van der Waals surface area contributed by atoms with E-state index in [0.717, 1.165) is 11.3 Å². The normalized spacial score (nSPS) is 13.2. The van der Waals surface area contributed by atoms with E-state index in [4.69, 9.17) is 4.74 Å².